The molecule has 1 atom stereocenters. The number of aliphatic carboxylic acids is 1. The number of carbonyl (C=O) groups is 3. The minimum atomic E-state index is -1.54. The molecule has 7 heteroatoms. The van der Waals surface area contributed by atoms with Crippen LogP contribution in [0.2, 0.25) is 0 Å². The van der Waals surface area contributed by atoms with Crippen molar-refractivity contribution in [2.75, 3.05) is 0 Å². The summed E-state index contributed by atoms with van der Waals surface area (Å²) in [4.78, 5) is 30.9. The van der Waals surface area contributed by atoms with Gasteiger partial charge >= 0.3 is 17.9 Å². The molecule has 3 N–H and O–H groups in total. The van der Waals surface area contributed by atoms with Crippen molar-refractivity contribution >= 4 is 17.9 Å². The van der Waals surface area contributed by atoms with Crippen LogP contribution in [-0.4, -0.2) is 35.3 Å². The van der Waals surface area contributed by atoms with Crippen LogP contribution < -0.4 is 5.73 Å². The largest absolute Gasteiger partial charge is 0.480 e. The van der Waals surface area contributed by atoms with Crippen LogP contribution in [0.1, 0.15) is 0 Å². The molecule has 0 amide bonds. The Morgan fingerprint density at radius 3 is 2.17 bits per heavy atom. The zero-order valence-electron chi connectivity index (χ0n) is 5.72. The van der Waals surface area contributed by atoms with E-state index < -0.39 is 30.2 Å². The average molecular weight is 175 g/mol. The summed E-state index contributed by atoms with van der Waals surface area (Å²) in [5, 5.41) is 8.31. The van der Waals surface area contributed by atoms with E-state index in [-0.39, 0.29) is 0 Å². The fourth-order valence-corrected chi connectivity index (χ4v) is 0.594. The second kappa shape index (κ2) is 2.78. The van der Waals surface area contributed by atoms with E-state index in [9.17, 15) is 14.4 Å². The molecule has 0 bridgehead atoms. The van der Waals surface area contributed by atoms with Crippen LogP contribution in [0, 0.1) is 0 Å². The van der Waals surface area contributed by atoms with Gasteiger partial charge in [0.1, 0.15) is 0 Å². The third-order valence-electron chi connectivity index (χ3n) is 1.19. The standard InChI is InChI=1S/C5H5NO6/c6-1(2(7)8)5-11-3(9)4(10)12-5/h1,5H,6H2,(H,7,8). The molecule has 0 spiro atoms. The van der Waals surface area contributed by atoms with Gasteiger partial charge in [-0.2, -0.15) is 0 Å². The number of hydrogen-bond acceptors (Lipinski definition) is 6. The lowest BCUT2D eigenvalue weighted by atomic mass is 10.3. The van der Waals surface area contributed by atoms with Gasteiger partial charge in [-0.15, -0.1) is 0 Å². The summed E-state index contributed by atoms with van der Waals surface area (Å²) in [5.41, 5.74) is 4.99. The van der Waals surface area contributed by atoms with E-state index >= 15 is 0 Å². The summed E-state index contributed by atoms with van der Waals surface area (Å²) >= 11 is 0. The molecular weight excluding hydrogens is 170 g/mol. The van der Waals surface area contributed by atoms with Gasteiger partial charge in [0.25, 0.3) is 6.29 Å². The number of rotatable bonds is 2. The number of cyclic esters (lactones) is 2. The molecular formula is C5H5NO6. The third-order valence-corrected chi connectivity index (χ3v) is 1.19. The number of carbonyl (C=O) groups excluding carboxylic acids is 2. The number of carboxylic acid groups (broad SMARTS) is 1. The Bertz CT molecular complexity index is 232. The monoisotopic (exact) mass is 175 g/mol. The normalized spacial score (nSPS) is 20.1. The molecule has 1 aliphatic rings. The van der Waals surface area contributed by atoms with Gasteiger partial charge < -0.3 is 20.3 Å². The molecule has 12 heavy (non-hydrogen) atoms. The highest BCUT2D eigenvalue weighted by atomic mass is 16.8. The number of nitrogens with two attached hydrogens (primary N) is 1. The quantitative estimate of drug-likeness (QED) is 0.362. The van der Waals surface area contributed by atoms with Crippen LogP contribution in [0.25, 0.3) is 0 Å². The Balaban J connectivity index is 2.63. The summed E-state index contributed by atoms with van der Waals surface area (Å²) in [7, 11) is 0. The van der Waals surface area contributed by atoms with Gasteiger partial charge in [-0.3, -0.25) is 4.79 Å². The van der Waals surface area contributed by atoms with Crippen molar-refractivity contribution in [2.45, 2.75) is 12.3 Å². The fraction of sp³-hybridized carbons (Fsp3) is 0.400. The van der Waals surface area contributed by atoms with Crippen LogP contribution in [0.15, 0.2) is 0 Å². The van der Waals surface area contributed by atoms with Crippen LogP contribution in [-0.2, 0) is 23.9 Å². The van der Waals surface area contributed by atoms with Crippen molar-refractivity contribution in [2.24, 2.45) is 5.73 Å². The molecule has 1 heterocycles. The van der Waals surface area contributed by atoms with Crippen molar-refractivity contribution in [1.82, 2.24) is 0 Å². The van der Waals surface area contributed by atoms with E-state index in [0.29, 0.717) is 0 Å². The van der Waals surface area contributed by atoms with Gasteiger partial charge in [0.15, 0.2) is 6.04 Å². The Kier molecular flexibility index (Phi) is 1.96. The number of carboxylic acids is 1. The highest BCUT2D eigenvalue weighted by molar-refractivity contribution is 6.31. The summed E-state index contributed by atoms with van der Waals surface area (Å²) in [6, 6.07) is -1.54. The van der Waals surface area contributed by atoms with E-state index in [1.165, 1.54) is 0 Å². The summed E-state index contributed by atoms with van der Waals surface area (Å²) < 4.78 is 8.36. The van der Waals surface area contributed by atoms with Gasteiger partial charge in [0.2, 0.25) is 0 Å². The van der Waals surface area contributed by atoms with Gasteiger partial charge in [-0.25, -0.2) is 9.59 Å². The van der Waals surface area contributed by atoms with E-state index in [1.54, 1.807) is 0 Å². The Hall–Kier alpha value is -1.63. The Morgan fingerprint density at radius 2 is 1.83 bits per heavy atom. The first kappa shape index (κ1) is 8.47. The SMILES string of the molecule is NC(C(=O)O)C1OC(=O)C(=O)O1. The highest BCUT2D eigenvalue weighted by Crippen LogP contribution is 2.09. The predicted molar refractivity (Wildman–Crippen MR) is 31.6 cm³/mol. The molecule has 7 nitrogen and oxygen atoms in total. The second-order valence-corrected chi connectivity index (χ2v) is 2.04. The van der Waals surface area contributed by atoms with Gasteiger partial charge in [0.05, 0.1) is 0 Å². The fourth-order valence-electron chi connectivity index (χ4n) is 0.594. The number of hydrogen-bond donors (Lipinski definition) is 2. The van der Waals surface area contributed by atoms with Crippen molar-refractivity contribution in [3.63, 3.8) is 0 Å². The number of ether oxygens (including phenoxy) is 2. The smallest absolute Gasteiger partial charge is 0.420 e. The predicted octanol–water partition coefficient (Wildman–Crippen LogP) is -2.18. The van der Waals surface area contributed by atoms with Crippen molar-refractivity contribution in [1.29, 1.82) is 0 Å². The maximum atomic E-state index is 10.4. The topological polar surface area (TPSA) is 116 Å². The summed E-state index contributed by atoms with van der Waals surface area (Å²) in [6.07, 6.45) is -1.51. The van der Waals surface area contributed by atoms with Crippen molar-refractivity contribution in [3.8, 4) is 0 Å². The van der Waals surface area contributed by atoms with E-state index in [0.717, 1.165) is 0 Å². The molecule has 1 unspecified atom stereocenters. The lowest BCUT2D eigenvalue weighted by Crippen LogP contribution is -2.42. The van der Waals surface area contributed by atoms with Gasteiger partial charge in [-0.05, 0) is 0 Å². The zero-order valence-corrected chi connectivity index (χ0v) is 5.72. The summed E-state index contributed by atoms with van der Waals surface area (Å²) in [6.45, 7) is 0. The highest BCUT2D eigenvalue weighted by Gasteiger charge is 2.41. The molecule has 0 aliphatic carbocycles. The minimum Gasteiger partial charge on any atom is -0.480 e. The maximum Gasteiger partial charge on any atom is 0.420 e. The zero-order chi connectivity index (χ0) is 9.30. The molecule has 1 rings (SSSR count). The molecule has 1 saturated heterocycles. The molecule has 0 aromatic carbocycles. The van der Waals surface area contributed by atoms with Crippen molar-refractivity contribution < 1.29 is 29.0 Å². The third kappa shape index (κ3) is 1.35. The molecule has 0 aromatic rings. The van der Waals surface area contributed by atoms with E-state index in [1.807, 2.05) is 0 Å². The lowest BCUT2D eigenvalue weighted by molar-refractivity contribution is -0.155. The molecule has 1 fully saturated rings. The average Bonchev–Trinajstić information content (AvgIpc) is 2.30. The molecule has 0 saturated carbocycles. The molecule has 0 radical (unpaired) electrons. The lowest BCUT2D eigenvalue weighted by Gasteiger charge is -2.10. The second-order valence-electron chi connectivity index (χ2n) is 2.04. The van der Waals surface area contributed by atoms with Crippen molar-refractivity contribution in [3.05, 3.63) is 0 Å². The van der Waals surface area contributed by atoms with Crippen LogP contribution in [0.3, 0.4) is 0 Å². The van der Waals surface area contributed by atoms with E-state index in [4.69, 9.17) is 10.8 Å². The first-order valence-corrected chi connectivity index (χ1v) is 2.92. The van der Waals surface area contributed by atoms with Crippen LogP contribution >= 0.6 is 0 Å². The Morgan fingerprint density at radius 1 is 1.42 bits per heavy atom. The first-order valence-electron chi connectivity index (χ1n) is 2.92. The van der Waals surface area contributed by atoms with Crippen LogP contribution in [0.4, 0.5) is 0 Å². The van der Waals surface area contributed by atoms with Gasteiger partial charge in [-0.1, -0.05) is 0 Å². The summed E-state index contributed by atoms with van der Waals surface area (Å²) in [5.74, 6) is -3.86. The molecule has 66 valence electrons. The number of esters is 2. The minimum absolute atomic E-state index is 1.23. The molecule has 1 aliphatic heterocycles. The Labute approximate surface area is 66.0 Å². The van der Waals surface area contributed by atoms with E-state index in [2.05, 4.69) is 9.47 Å². The first-order chi connectivity index (χ1) is 5.52. The van der Waals surface area contributed by atoms with Crippen LogP contribution in [0.5, 0.6) is 0 Å². The molecule has 0 aromatic heterocycles. The maximum absolute atomic E-state index is 10.4. The van der Waals surface area contributed by atoms with Gasteiger partial charge in [0, 0.05) is 0 Å².